The van der Waals surface area contributed by atoms with Gasteiger partial charge in [0.05, 0.1) is 23.5 Å². The molecule has 5 nitrogen and oxygen atoms in total. The van der Waals surface area contributed by atoms with Crippen molar-refractivity contribution < 1.29 is 9.53 Å². The van der Waals surface area contributed by atoms with E-state index in [1.807, 2.05) is 60.7 Å². The zero-order valence-corrected chi connectivity index (χ0v) is 16.4. The highest BCUT2D eigenvalue weighted by atomic mass is 35.5. The van der Waals surface area contributed by atoms with E-state index in [0.717, 1.165) is 11.3 Å². The standard InChI is InChI=1S/C23H18ClN3O2/c1-29-22-13-12-17(14-19(22)24)25-23(28)21-15-20(16-8-4-2-5-9-16)26-27(21)18-10-6-3-7-11-18/h2-15H,1H3,(H,25,28). The van der Waals surface area contributed by atoms with Gasteiger partial charge in [0.25, 0.3) is 5.91 Å². The quantitative estimate of drug-likeness (QED) is 0.481. The van der Waals surface area contributed by atoms with Gasteiger partial charge in [0.1, 0.15) is 11.4 Å². The van der Waals surface area contributed by atoms with Gasteiger partial charge in [-0.15, -0.1) is 0 Å². The molecule has 144 valence electrons. The molecule has 1 heterocycles. The van der Waals surface area contributed by atoms with Gasteiger partial charge in [-0.2, -0.15) is 5.10 Å². The Bertz CT molecular complexity index is 1140. The summed E-state index contributed by atoms with van der Waals surface area (Å²) in [5.74, 6) is 0.259. The third-order valence-corrected chi connectivity index (χ3v) is 4.72. The first-order valence-corrected chi connectivity index (χ1v) is 9.39. The summed E-state index contributed by atoms with van der Waals surface area (Å²) in [4.78, 5) is 13.1. The van der Waals surface area contributed by atoms with Crippen molar-refractivity contribution in [1.29, 1.82) is 0 Å². The second kappa shape index (κ2) is 8.20. The summed E-state index contributed by atoms with van der Waals surface area (Å²) in [6, 6.07) is 26.2. The summed E-state index contributed by atoms with van der Waals surface area (Å²) in [5.41, 5.74) is 3.44. The Labute approximate surface area is 173 Å². The van der Waals surface area contributed by atoms with Crippen LogP contribution in [0.1, 0.15) is 10.5 Å². The van der Waals surface area contributed by atoms with Gasteiger partial charge < -0.3 is 10.1 Å². The van der Waals surface area contributed by atoms with Crippen molar-refractivity contribution in [1.82, 2.24) is 9.78 Å². The first-order chi connectivity index (χ1) is 14.2. The molecule has 3 aromatic carbocycles. The van der Waals surface area contributed by atoms with Gasteiger partial charge in [0, 0.05) is 11.3 Å². The topological polar surface area (TPSA) is 56.1 Å². The third kappa shape index (κ3) is 4.00. The van der Waals surface area contributed by atoms with Gasteiger partial charge in [-0.05, 0) is 36.4 Å². The number of hydrogen-bond donors (Lipinski definition) is 1. The fourth-order valence-electron chi connectivity index (χ4n) is 3.00. The Morgan fingerprint density at radius 3 is 2.31 bits per heavy atom. The van der Waals surface area contributed by atoms with Gasteiger partial charge >= 0.3 is 0 Å². The highest BCUT2D eigenvalue weighted by Crippen LogP contribution is 2.28. The maximum Gasteiger partial charge on any atom is 0.274 e. The van der Waals surface area contributed by atoms with Crippen LogP contribution in [0.15, 0.2) is 84.9 Å². The minimum atomic E-state index is -0.287. The van der Waals surface area contributed by atoms with Crippen LogP contribution in [0.2, 0.25) is 5.02 Å². The lowest BCUT2D eigenvalue weighted by atomic mass is 10.1. The number of halogens is 1. The fraction of sp³-hybridized carbons (Fsp3) is 0.0435. The molecule has 0 aliphatic heterocycles. The van der Waals surface area contributed by atoms with Crippen molar-refractivity contribution in [3.8, 4) is 22.7 Å². The molecular formula is C23H18ClN3O2. The van der Waals surface area contributed by atoms with Gasteiger partial charge in [0.15, 0.2) is 0 Å². The number of amides is 1. The van der Waals surface area contributed by atoms with Crippen LogP contribution in [-0.2, 0) is 0 Å². The first-order valence-electron chi connectivity index (χ1n) is 9.01. The number of carbonyl (C=O) groups is 1. The summed E-state index contributed by atoms with van der Waals surface area (Å²) in [7, 11) is 1.54. The Hall–Kier alpha value is -3.57. The average molecular weight is 404 g/mol. The van der Waals surface area contributed by atoms with Crippen molar-refractivity contribution in [2.75, 3.05) is 12.4 Å². The molecule has 0 saturated heterocycles. The van der Waals surface area contributed by atoms with Gasteiger partial charge in [0.2, 0.25) is 0 Å². The second-order valence-corrected chi connectivity index (χ2v) is 6.74. The molecule has 1 amide bonds. The predicted molar refractivity (Wildman–Crippen MR) is 115 cm³/mol. The minimum absolute atomic E-state index is 0.287. The second-order valence-electron chi connectivity index (χ2n) is 6.33. The van der Waals surface area contributed by atoms with Crippen LogP contribution in [0.3, 0.4) is 0 Å². The maximum absolute atomic E-state index is 13.1. The number of rotatable bonds is 5. The van der Waals surface area contributed by atoms with Crippen LogP contribution in [0, 0.1) is 0 Å². The minimum Gasteiger partial charge on any atom is -0.495 e. The van der Waals surface area contributed by atoms with Crippen molar-refractivity contribution in [2.45, 2.75) is 0 Å². The van der Waals surface area contributed by atoms with E-state index >= 15 is 0 Å². The molecule has 0 aliphatic rings. The summed E-state index contributed by atoms with van der Waals surface area (Å²) in [6.45, 7) is 0. The third-order valence-electron chi connectivity index (χ3n) is 4.42. The summed E-state index contributed by atoms with van der Waals surface area (Å²) >= 11 is 6.18. The number of nitrogens with one attached hydrogen (secondary N) is 1. The lowest BCUT2D eigenvalue weighted by molar-refractivity contribution is 0.101. The molecule has 0 fully saturated rings. The van der Waals surface area contributed by atoms with E-state index in [1.54, 1.807) is 36.1 Å². The Morgan fingerprint density at radius 2 is 1.66 bits per heavy atom. The highest BCUT2D eigenvalue weighted by Gasteiger charge is 2.18. The molecule has 0 saturated carbocycles. The molecule has 6 heteroatoms. The number of methoxy groups -OCH3 is 1. The van der Waals surface area contributed by atoms with Crippen LogP contribution in [0.25, 0.3) is 16.9 Å². The summed E-state index contributed by atoms with van der Waals surface area (Å²) < 4.78 is 6.80. The number of carbonyl (C=O) groups excluding carboxylic acids is 1. The molecule has 0 aliphatic carbocycles. The molecule has 0 unspecified atom stereocenters. The number of anilines is 1. The van der Waals surface area contributed by atoms with Crippen LogP contribution < -0.4 is 10.1 Å². The summed E-state index contributed by atoms with van der Waals surface area (Å²) in [5, 5.41) is 7.98. The van der Waals surface area contributed by atoms with Crippen molar-refractivity contribution in [3.05, 3.63) is 95.6 Å². The number of ether oxygens (including phenoxy) is 1. The van der Waals surface area contributed by atoms with E-state index in [0.29, 0.717) is 27.8 Å². The van der Waals surface area contributed by atoms with Crippen LogP contribution in [0.5, 0.6) is 5.75 Å². The van der Waals surface area contributed by atoms with E-state index in [9.17, 15) is 4.79 Å². The molecule has 0 spiro atoms. The lowest BCUT2D eigenvalue weighted by Gasteiger charge is -2.10. The molecular weight excluding hydrogens is 386 g/mol. The lowest BCUT2D eigenvalue weighted by Crippen LogP contribution is -2.17. The fourth-order valence-corrected chi connectivity index (χ4v) is 3.26. The Kier molecular flexibility index (Phi) is 5.31. The number of benzene rings is 3. The number of aromatic nitrogens is 2. The first kappa shape index (κ1) is 18.8. The highest BCUT2D eigenvalue weighted by molar-refractivity contribution is 6.32. The van der Waals surface area contributed by atoms with Crippen LogP contribution in [-0.4, -0.2) is 22.8 Å². The molecule has 0 atom stereocenters. The summed E-state index contributed by atoms with van der Waals surface area (Å²) in [6.07, 6.45) is 0. The normalized spacial score (nSPS) is 10.6. The largest absolute Gasteiger partial charge is 0.495 e. The number of nitrogens with zero attached hydrogens (tertiary/aromatic N) is 2. The molecule has 1 aromatic heterocycles. The average Bonchev–Trinajstić information content (AvgIpc) is 3.21. The molecule has 4 aromatic rings. The molecule has 0 radical (unpaired) electrons. The Morgan fingerprint density at radius 1 is 0.966 bits per heavy atom. The van der Waals surface area contributed by atoms with Crippen LogP contribution in [0.4, 0.5) is 5.69 Å². The number of para-hydroxylation sites is 1. The van der Waals surface area contributed by atoms with E-state index in [2.05, 4.69) is 10.4 Å². The monoisotopic (exact) mass is 403 g/mol. The van der Waals surface area contributed by atoms with E-state index in [-0.39, 0.29) is 5.91 Å². The van der Waals surface area contributed by atoms with Crippen molar-refractivity contribution in [3.63, 3.8) is 0 Å². The van der Waals surface area contributed by atoms with Gasteiger partial charge in [-0.3, -0.25) is 4.79 Å². The van der Waals surface area contributed by atoms with Crippen molar-refractivity contribution in [2.24, 2.45) is 0 Å². The predicted octanol–water partition coefficient (Wildman–Crippen LogP) is 5.45. The maximum atomic E-state index is 13.1. The van der Waals surface area contributed by atoms with E-state index in [1.165, 1.54) is 0 Å². The SMILES string of the molecule is COc1ccc(NC(=O)c2cc(-c3ccccc3)nn2-c2ccccc2)cc1Cl. The molecule has 1 N–H and O–H groups in total. The zero-order valence-electron chi connectivity index (χ0n) is 15.7. The van der Waals surface area contributed by atoms with Gasteiger partial charge in [-0.1, -0.05) is 60.1 Å². The number of hydrogen-bond acceptors (Lipinski definition) is 3. The molecule has 4 rings (SSSR count). The van der Waals surface area contributed by atoms with Crippen LogP contribution >= 0.6 is 11.6 Å². The molecule has 0 bridgehead atoms. The van der Waals surface area contributed by atoms with Crippen molar-refractivity contribution >= 4 is 23.2 Å². The van der Waals surface area contributed by atoms with E-state index in [4.69, 9.17) is 16.3 Å². The smallest absolute Gasteiger partial charge is 0.274 e. The Balaban J connectivity index is 1.72. The van der Waals surface area contributed by atoms with Gasteiger partial charge in [-0.25, -0.2) is 4.68 Å². The van der Waals surface area contributed by atoms with E-state index < -0.39 is 0 Å². The molecule has 29 heavy (non-hydrogen) atoms. The zero-order chi connectivity index (χ0) is 20.2.